The van der Waals surface area contributed by atoms with Crippen LogP contribution >= 0.6 is 0 Å². The molecule has 1 fully saturated rings. The molecule has 3 N–H and O–H groups in total. The molecule has 0 saturated carbocycles. The second-order valence-corrected chi connectivity index (χ2v) is 8.40. The molecule has 3 heterocycles. The van der Waals surface area contributed by atoms with Gasteiger partial charge in [-0.25, -0.2) is 0 Å². The first-order valence-electron chi connectivity index (χ1n) is 10.5. The lowest BCUT2D eigenvalue weighted by molar-refractivity contribution is -0.384. The molecule has 0 radical (unpaired) electrons. The maximum absolute atomic E-state index is 13.0. The third kappa shape index (κ3) is 4.18. The summed E-state index contributed by atoms with van der Waals surface area (Å²) < 4.78 is 0. The van der Waals surface area contributed by atoms with E-state index in [9.17, 15) is 24.5 Å². The number of carbonyl (C=O) groups is 2. The van der Waals surface area contributed by atoms with Gasteiger partial charge in [0.15, 0.2) is 0 Å². The van der Waals surface area contributed by atoms with Crippen LogP contribution in [-0.4, -0.2) is 39.8 Å². The summed E-state index contributed by atoms with van der Waals surface area (Å²) >= 11 is 0. The highest BCUT2D eigenvalue weighted by atomic mass is 16.6. The number of aryl methyl sites for hydroxylation is 1. The number of amides is 2. The molecule has 11 heteroatoms. The Bertz CT molecular complexity index is 1160. The van der Waals surface area contributed by atoms with Crippen molar-refractivity contribution in [2.75, 3.05) is 28.6 Å². The molecule has 0 bridgehead atoms. The van der Waals surface area contributed by atoms with Crippen molar-refractivity contribution < 1.29 is 14.5 Å². The zero-order chi connectivity index (χ0) is 23.0. The normalized spacial score (nSPS) is 20.3. The van der Waals surface area contributed by atoms with Gasteiger partial charge in [0.2, 0.25) is 17.8 Å². The van der Waals surface area contributed by atoms with Gasteiger partial charge in [0, 0.05) is 31.6 Å². The molecule has 168 valence electrons. The van der Waals surface area contributed by atoms with Gasteiger partial charge in [-0.1, -0.05) is 13.0 Å². The maximum Gasteiger partial charge on any atom is 0.271 e. The Morgan fingerprint density at radius 1 is 1.34 bits per heavy atom. The Kier molecular flexibility index (Phi) is 5.64. The lowest BCUT2D eigenvalue weighted by Gasteiger charge is -2.32. The summed E-state index contributed by atoms with van der Waals surface area (Å²) in [5.74, 6) is -1.19. The number of hydrogen-bond donors (Lipinski definition) is 3. The average molecular weight is 440 g/mol. The number of nitrogens with one attached hydrogen (secondary N) is 3. The number of non-ortho nitro benzene ring substituents is 1. The Hall–Kier alpha value is -3.76. The van der Waals surface area contributed by atoms with Crippen molar-refractivity contribution in [2.45, 2.75) is 39.0 Å². The quantitative estimate of drug-likeness (QED) is 0.487. The number of fused-ring (bicyclic) bond motifs is 1. The summed E-state index contributed by atoms with van der Waals surface area (Å²) in [7, 11) is 0. The zero-order valence-corrected chi connectivity index (χ0v) is 17.8. The van der Waals surface area contributed by atoms with Crippen molar-refractivity contribution in [3.8, 4) is 0 Å². The predicted octanol–water partition coefficient (Wildman–Crippen LogP) is 2.29. The molecule has 4 rings (SSSR count). The van der Waals surface area contributed by atoms with Crippen LogP contribution in [-0.2, 0) is 9.59 Å². The molecule has 0 spiro atoms. The Morgan fingerprint density at radius 2 is 2.12 bits per heavy atom. The van der Waals surface area contributed by atoms with Gasteiger partial charge < -0.3 is 15.5 Å². The third-order valence-electron chi connectivity index (χ3n) is 5.90. The first-order valence-corrected chi connectivity index (χ1v) is 10.5. The highest BCUT2D eigenvalue weighted by molar-refractivity contribution is 6.04. The van der Waals surface area contributed by atoms with Crippen molar-refractivity contribution >= 4 is 35.0 Å². The molecule has 32 heavy (non-hydrogen) atoms. The summed E-state index contributed by atoms with van der Waals surface area (Å²) in [6, 6.07) is 4.11. The van der Waals surface area contributed by atoms with Crippen LogP contribution in [0.4, 0.5) is 23.1 Å². The summed E-state index contributed by atoms with van der Waals surface area (Å²) in [4.78, 5) is 58.0. The van der Waals surface area contributed by atoms with E-state index in [1.165, 1.54) is 18.2 Å². The smallest absolute Gasteiger partial charge is 0.271 e. The van der Waals surface area contributed by atoms with E-state index in [4.69, 9.17) is 0 Å². The number of H-pyrrole nitrogens is 1. The number of anilines is 3. The van der Waals surface area contributed by atoms with Gasteiger partial charge in [0.25, 0.3) is 11.2 Å². The van der Waals surface area contributed by atoms with E-state index in [0.717, 1.165) is 25.9 Å². The van der Waals surface area contributed by atoms with Crippen LogP contribution in [0, 0.1) is 23.0 Å². The van der Waals surface area contributed by atoms with E-state index < -0.39 is 28.2 Å². The molecule has 2 aliphatic heterocycles. The second-order valence-electron chi connectivity index (χ2n) is 8.40. The van der Waals surface area contributed by atoms with Crippen LogP contribution in [0.1, 0.15) is 43.2 Å². The van der Waals surface area contributed by atoms with Gasteiger partial charge in [-0.15, -0.1) is 0 Å². The van der Waals surface area contributed by atoms with Crippen LogP contribution < -0.4 is 21.1 Å². The number of nitrogens with zero attached hydrogens (tertiary/aromatic N) is 3. The third-order valence-corrected chi connectivity index (χ3v) is 5.90. The standard InChI is InChI=1S/C21H24N6O5/c1-11-4-3-7-26(10-11)21-24-18-17(20(30)25-21)14(9-16(28)23-18)19(29)22-15-8-13(27(31)32)6-5-12(15)2/h5-6,8,11,14H,3-4,7,9-10H2,1-2H3,(H,22,29)(H2,23,24,25,28,30)/t11-,14+/m1/s1. The Labute approximate surface area is 183 Å². The summed E-state index contributed by atoms with van der Waals surface area (Å²) in [6.45, 7) is 5.31. The molecule has 2 aromatic rings. The fourth-order valence-electron chi connectivity index (χ4n) is 4.19. The lowest BCUT2D eigenvalue weighted by Crippen LogP contribution is -2.40. The van der Waals surface area contributed by atoms with Crippen molar-refractivity contribution in [1.82, 2.24) is 9.97 Å². The van der Waals surface area contributed by atoms with Gasteiger partial charge >= 0.3 is 0 Å². The molecule has 1 saturated heterocycles. The molecule has 0 aliphatic carbocycles. The van der Waals surface area contributed by atoms with Crippen molar-refractivity contribution in [3.05, 3.63) is 49.8 Å². The zero-order valence-electron chi connectivity index (χ0n) is 17.8. The number of nitro groups is 1. The summed E-state index contributed by atoms with van der Waals surface area (Å²) in [5, 5.41) is 16.3. The van der Waals surface area contributed by atoms with Crippen LogP contribution in [0.5, 0.6) is 0 Å². The molecule has 0 unspecified atom stereocenters. The number of aromatic nitrogens is 2. The van der Waals surface area contributed by atoms with Crippen molar-refractivity contribution in [3.63, 3.8) is 0 Å². The molecule has 11 nitrogen and oxygen atoms in total. The minimum Gasteiger partial charge on any atom is -0.342 e. The van der Waals surface area contributed by atoms with Crippen LogP contribution in [0.3, 0.4) is 0 Å². The molecule has 1 aromatic heterocycles. The van der Waals surface area contributed by atoms with Crippen LogP contribution in [0.25, 0.3) is 0 Å². The Balaban J connectivity index is 1.65. The van der Waals surface area contributed by atoms with Gasteiger partial charge in [0.05, 0.1) is 22.1 Å². The molecular formula is C21H24N6O5. The molecule has 1 aromatic carbocycles. The van der Waals surface area contributed by atoms with Gasteiger partial charge in [-0.3, -0.25) is 29.5 Å². The largest absolute Gasteiger partial charge is 0.342 e. The van der Waals surface area contributed by atoms with E-state index in [0.29, 0.717) is 17.4 Å². The van der Waals surface area contributed by atoms with Crippen LogP contribution in [0.15, 0.2) is 23.0 Å². The SMILES string of the molecule is Cc1ccc([N+](=O)[O-])cc1NC(=O)[C@H]1CC(=O)Nc2nc(N3CCC[C@@H](C)C3)[nH]c(=O)c21. The van der Waals surface area contributed by atoms with Gasteiger partial charge in [0.1, 0.15) is 5.82 Å². The van der Waals surface area contributed by atoms with Crippen molar-refractivity contribution in [2.24, 2.45) is 5.92 Å². The van der Waals surface area contributed by atoms with Crippen LogP contribution in [0.2, 0.25) is 0 Å². The number of nitro benzene ring substituents is 1. The fraction of sp³-hybridized carbons (Fsp3) is 0.429. The first kappa shape index (κ1) is 21.5. The number of hydrogen-bond acceptors (Lipinski definition) is 7. The predicted molar refractivity (Wildman–Crippen MR) is 118 cm³/mol. The van der Waals surface area contributed by atoms with Crippen molar-refractivity contribution in [1.29, 1.82) is 0 Å². The molecular weight excluding hydrogens is 416 g/mol. The number of piperidine rings is 1. The molecule has 2 aliphatic rings. The minimum absolute atomic E-state index is 0.0779. The van der Waals surface area contributed by atoms with Gasteiger partial charge in [-0.05, 0) is 31.2 Å². The van der Waals surface area contributed by atoms with Gasteiger partial charge in [-0.2, -0.15) is 4.98 Å². The number of benzene rings is 1. The highest BCUT2D eigenvalue weighted by Gasteiger charge is 2.35. The molecule has 2 amide bonds. The lowest BCUT2D eigenvalue weighted by atomic mass is 9.92. The topological polar surface area (TPSA) is 150 Å². The second kappa shape index (κ2) is 8.40. The van der Waals surface area contributed by atoms with E-state index in [1.54, 1.807) is 6.92 Å². The van der Waals surface area contributed by atoms with E-state index in [1.807, 2.05) is 4.90 Å². The van der Waals surface area contributed by atoms with E-state index in [-0.39, 0.29) is 29.2 Å². The number of aromatic amines is 1. The highest BCUT2D eigenvalue weighted by Crippen LogP contribution is 2.32. The summed E-state index contributed by atoms with van der Waals surface area (Å²) in [6.07, 6.45) is 1.85. The minimum atomic E-state index is -1.07. The van der Waals surface area contributed by atoms with E-state index >= 15 is 0 Å². The number of carbonyl (C=O) groups excluding carboxylic acids is 2. The van der Waals surface area contributed by atoms with E-state index in [2.05, 4.69) is 27.5 Å². The first-order chi connectivity index (χ1) is 15.2. The fourth-order valence-corrected chi connectivity index (χ4v) is 4.19. The Morgan fingerprint density at radius 3 is 2.84 bits per heavy atom. The monoisotopic (exact) mass is 440 g/mol. The molecule has 2 atom stereocenters. The average Bonchev–Trinajstić information content (AvgIpc) is 2.74. The number of rotatable bonds is 4. The maximum atomic E-state index is 13.0. The summed E-state index contributed by atoms with van der Waals surface area (Å²) in [5.41, 5.74) is 0.289.